The monoisotopic (exact) mass is 523 g/mol. The van der Waals surface area contributed by atoms with E-state index in [9.17, 15) is 14.7 Å². The summed E-state index contributed by atoms with van der Waals surface area (Å²) in [5.41, 5.74) is 6.12. The summed E-state index contributed by atoms with van der Waals surface area (Å²) in [6, 6.07) is 22.8. The van der Waals surface area contributed by atoms with Gasteiger partial charge in [-0.15, -0.1) is 0 Å². The van der Waals surface area contributed by atoms with Crippen molar-refractivity contribution < 1.29 is 19.4 Å². The zero-order valence-electron chi connectivity index (χ0n) is 20.5. The van der Waals surface area contributed by atoms with Gasteiger partial charge in [0.05, 0.1) is 29.4 Å². The van der Waals surface area contributed by atoms with Gasteiger partial charge in [0.25, 0.3) is 5.56 Å². The fraction of sp³-hybridized carbons (Fsp3) is 0.167. The lowest BCUT2D eigenvalue weighted by Gasteiger charge is -2.31. The van der Waals surface area contributed by atoms with Gasteiger partial charge in [0.1, 0.15) is 18.1 Å². The molecule has 0 fully saturated rings. The Morgan fingerprint density at radius 1 is 1.08 bits per heavy atom. The Bertz CT molecular complexity index is 1770. The molecular formula is C30H23N2O5S-. The second kappa shape index (κ2) is 9.79. The van der Waals surface area contributed by atoms with Crippen LogP contribution in [0.4, 0.5) is 0 Å². The summed E-state index contributed by atoms with van der Waals surface area (Å²) in [5.74, 6) is -0.135. The molecule has 0 saturated carbocycles. The van der Waals surface area contributed by atoms with Crippen molar-refractivity contribution in [2.45, 2.75) is 18.9 Å². The van der Waals surface area contributed by atoms with E-state index in [2.05, 4.69) is 18.2 Å². The van der Waals surface area contributed by atoms with Crippen molar-refractivity contribution in [1.29, 1.82) is 0 Å². The first-order valence-electron chi connectivity index (χ1n) is 12.2. The number of allylic oxidation sites excluding steroid dienone is 1. The van der Waals surface area contributed by atoms with E-state index in [0.29, 0.717) is 15.1 Å². The summed E-state index contributed by atoms with van der Waals surface area (Å²) in [6.07, 6.45) is 3.53. The predicted octanol–water partition coefficient (Wildman–Crippen LogP) is 2.46. The Hall–Kier alpha value is -4.43. The molecule has 190 valence electrons. The molecule has 1 aliphatic carbocycles. The van der Waals surface area contributed by atoms with E-state index in [4.69, 9.17) is 14.5 Å². The third kappa shape index (κ3) is 4.33. The minimum absolute atomic E-state index is 0.107. The van der Waals surface area contributed by atoms with Crippen LogP contribution in [-0.2, 0) is 11.2 Å². The van der Waals surface area contributed by atoms with Gasteiger partial charge in [-0.2, -0.15) is 0 Å². The van der Waals surface area contributed by atoms with E-state index < -0.39 is 12.6 Å². The first-order chi connectivity index (χ1) is 18.5. The molecule has 38 heavy (non-hydrogen) atoms. The van der Waals surface area contributed by atoms with Crippen molar-refractivity contribution in [1.82, 2.24) is 4.57 Å². The molecule has 1 aromatic heterocycles. The van der Waals surface area contributed by atoms with Crippen LogP contribution in [0.5, 0.6) is 11.5 Å². The van der Waals surface area contributed by atoms with Crippen LogP contribution >= 0.6 is 11.3 Å². The van der Waals surface area contributed by atoms with E-state index in [-0.39, 0.29) is 11.6 Å². The maximum atomic E-state index is 13.9. The second-order valence-corrected chi connectivity index (χ2v) is 10.1. The summed E-state index contributed by atoms with van der Waals surface area (Å²) in [4.78, 5) is 30.2. The van der Waals surface area contributed by atoms with Crippen LogP contribution in [0.2, 0.25) is 0 Å². The van der Waals surface area contributed by atoms with E-state index in [1.54, 1.807) is 35.9 Å². The standard InChI is InChI=1S/C30H24N2O5S/c1-36-22-7-4-6-20(16-22)28-24-14-11-19-5-2-3-8-23(19)27(24)31-30-32(28)29(35)25(38-30)15-18-9-12-21(13-10-18)37-17-26(33)34/h2-10,12-13,15-16,28H,11,14,17H2,1H3,(H,33,34)/p-1/b25-15-/t28-/m0/s1. The maximum absolute atomic E-state index is 13.9. The summed E-state index contributed by atoms with van der Waals surface area (Å²) < 4.78 is 13.0. The lowest BCUT2D eigenvalue weighted by atomic mass is 9.83. The molecule has 1 atom stereocenters. The number of carbonyl (C=O) groups is 1. The number of aryl methyl sites for hydroxylation is 1. The number of fused-ring (bicyclic) bond motifs is 3. The number of carboxylic acid groups (broad SMARTS) is 1. The molecule has 0 saturated heterocycles. The average molecular weight is 524 g/mol. The molecule has 2 heterocycles. The van der Waals surface area contributed by atoms with Gasteiger partial charge in [0, 0.05) is 5.56 Å². The minimum Gasteiger partial charge on any atom is -0.546 e. The van der Waals surface area contributed by atoms with Crippen molar-refractivity contribution in [3.63, 3.8) is 0 Å². The highest BCUT2D eigenvalue weighted by molar-refractivity contribution is 7.07. The van der Waals surface area contributed by atoms with Crippen LogP contribution in [0, 0.1) is 0 Å². The number of hydrogen-bond acceptors (Lipinski definition) is 7. The van der Waals surface area contributed by atoms with Gasteiger partial charge in [-0.25, -0.2) is 4.99 Å². The zero-order chi connectivity index (χ0) is 26.2. The van der Waals surface area contributed by atoms with Gasteiger partial charge >= 0.3 is 0 Å². The minimum atomic E-state index is -1.29. The van der Waals surface area contributed by atoms with Crippen molar-refractivity contribution in [3.05, 3.63) is 120 Å². The molecule has 2 aliphatic rings. The van der Waals surface area contributed by atoms with E-state index in [1.165, 1.54) is 16.9 Å². The number of thiazole rings is 1. The summed E-state index contributed by atoms with van der Waals surface area (Å²) in [6.45, 7) is -0.518. The summed E-state index contributed by atoms with van der Waals surface area (Å²) in [5, 5.41) is 10.6. The molecule has 7 nitrogen and oxygen atoms in total. The van der Waals surface area contributed by atoms with Crippen LogP contribution in [0.15, 0.2) is 88.2 Å². The number of aromatic nitrogens is 1. The number of methoxy groups -OCH3 is 1. The molecule has 0 radical (unpaired) electrons. The number of aliphatic carboxylic acids is 1. The number of carbonyl (C=O) groups excluding carboxylic acids is 1. The quantitative estimate of drug-likeness (QED) is 0.387. The van der Waals surface area contributed by atoms with Gasteiger partial charge in [-0.1, -0.05) is 59.9 Å². The lowest BCUT2D eigenvalue weighted by Crippen LogP contribution is -2.38. The molecule has 1 aliphatic heterocycles. The number of nitrogens with zero attached hydrogens (tertiary/aromatic N) is 2. The van der Waals surface area contributed by atoms with Gasteiger partial charge in [0.15, 0.2) is 4.80 Å². The van der Waals surface area contributed by atoms with Crippen LogP contribution in [0.1, 0.15) is 34.7 Å². The van der Waals surface area contributed by atoms with Crippen molar-refractivity contribution in [2.24, 2.45) is 4.99 Å². The van der Waals surface area contributed by atoms with E-state index in [0.717, 1.165) is 46.6 Å². The molecule has 4 aromatic rings. The highest BCUT2D eigenvalue weighted by Crippen LogP contribution is 2.41. The average Bonchev–Trinajstić information content (AvgIpc) is 3.25. The largest absolute Gasteiger partial charge is 0.546 e. The van der Waals surface area contributed by atoms with Crippen LogP contribution < -0.4 is 29.5 Å². The zero-order valence-corrected chi connectivity index (χ0v) is 21.4. The fourth-order valence-electron chi connectivity index (χ4n) is 5.09. The highest BCUT2D eigenvalue weighted by Gasteiger charge is 2.32. The van der Waals surface area contributed by atoms with Crippen LogP contribution in [-0.4, -0.2) is 24.3 Å². The van der Waals surface area contributed by atoms with Gasteiger partial charge in [0.2, 0.25) is 0 Å². The van der Waals surface area contributed by atoms with E-state index in [1.807, 2.05) is 36.4 Å². The first-order valence-corrected chi connectivity index (χ1v) is 13.0. The summed E-state index contributed by atoms with van der Waals surface area (Å²) >= 11 is 1.36. The third-order valence-electron chi connectivity index (χ3n) is 6.82. The Balaban J connectivity index is 1.50. The number of hydrogen-bond donors (Lipinski definition) is 0. The maximum Gasteiger partial charge on any atom is 0.271 e. The third-order valence-corrected chi connectivity index (χ3v) is 7.80. The predicted molar refractivity (Wildman–Crippen MR) is 143 cm³/mol. The van der Waals surface area contributed by atoms with E-state index >= 15 is 0 Å². The molecule has 0 spiro atoms. The Kier molecular flexibility index (Phi) is 6.17. The van der Waals surface area contributed by atoms with Gasteiger partial charge in [-0.05, 0) is 65.4 Å². The Labute approximate surface area is 222 Å². The number of benzene rings is 3. The molecule has 8 heteroatoms. The molecular weight excluding hydrogens is 500 g/mol. The topological polar surface area (TPSA) is 93.0 Å². The smallest absolute Gasteiger partial charge is 0.271 e. The van der Waals surface area contributed by atoms with Crippen LogP contribution in [0.25, 0.3) is 11.8 Å². The summed E-state index contributed by atoms with van der Waals surface area (Å²) in [7, 11) is 1.64. The van der Waals surface area contributed by atoms with Crippen molar-refractivity contribution in [3.8, 4) is 11.5 Å². The SMILES string of the molecule is COc1cccc([C@H]2C3=C(N=c4s/c(=C\c5ccc(OCC(=O)[O-])cc5)c(=O)n42)c2ccccc2CC3)c1. The lowest BCUT2D eigenvalue weighted by molar-refractivity contribution is -0.307. The Morgan fingerprint density at radius 2 is 1.89 bits per heavy atom. The molecule has 0 amide bonds. The fourth-order valence-corrected chi connectivity index (χ4v) is 6.09. The first kappa shape index (κ1) is 23.9. The molecule has 3 aromatic carbocycles. The number of ether oxygens (including phenoxy) is 2. The van der Waals surface area contributed by atoms with Gasteiger partial charge in [-0.3, -0.25) is 9.36 Å². The molecule has 0 bridgehead atoms. The van der Waals surface area contributed by atoms with Crippen LogP contribution in [0.3, 0.4) is 0 Å². The molecule has 0 unspecified atom stereocenters. The second-order valence-electron chi connectivity index (χ2n) is 9.12. The molecule has 6 rings (SSSR count). The number of carboxylic acids is 1. The normalized spacial score (nSPS) is 16.2. The Morgan fingerprint density at radius 3 is 2.68 bits per heavy atom. The van der Waals surface area contributed by atoms with Crippen molar-refractivity contribution in [2.75, 3.05) is 13.7 Å². The number of rotatable bonds is 6. The molecule has 0 N–H and O–H groups in total. The van der Waals surface area contributed by atoms with Gasteiger partial charge < -0.3 is 19.4 Å². The van der Waals surface area contributed by atoms with Crippen molar-refractivity contribution >= 4 is 29.1 Å². The highest BCUT2D eigenvalue weighted by atomic mass is 32.1.